The third-order valence-electron chi connectivity index (χ3n) is 3.97. The second kappa shape index (κ2) is 6.54. The van der Waals surface area contributed by atoms with Gasteiger partial charge in [-0.25, -0.2) is 4.79 Å². The van der Waals surface area contributed by atoms with Crippen molar-refractivity contribution < 1.29 is 9.52 Å². The molecule has 6 heteroatoms. The molecule has 3 heterocycles. The number of rotatable bonds is 2. The van der Waals surface area contributed by atoms with Crippen LogP contribution in [-0.2, 0) is 0 Å². The number of thiophene rings is 1. The molecule has 2 aromatic heterocycles. The van der Waals surface area contributed by atoms with E-state index in [2.05, 4.69) is 6.07 Å². The molecule has 4 rings (SSSR count). The monoisotopic (exact) mass is 369 g/mol. The Morgan fingerprint density at radius 3 is 2.84 bits per heavy atom. The molecule has 0 bridgehead atoms. The van der Waals surface area contributed by atoms with Gasteiger partial charge in [-0.3, -0.25) is 4.99 Å². The van der Waals surface area contributed by atoms with Crippen LogP contribution in [0.15, 0.2) is 66.9 Å². The molecule has 1 aliphatic heterocycles. The van der Waals surface area contributed by atoms with Gasteiger partial charge in [-0.05, 0) is 30.5 Å². The summed E-state index contributed by atoms with van der Waals surface area (Å²) in [6.07, 6.45) is 0.543. The third kappa shape index (κ3) is 3.15. The summed E-state index contributed by atoms with van der Waals surface area (Å²) < 4.78 is 5.20. The van der Waals surface area contributed by atoms with Gasteiger partial charge >= 0.3 is 5.63 Å². The maximum absolute atomic E-state index is 12.4. The molecular formula is C19H15NO3S2. The molecule has 0 saturated carbocycles. The van der Waals surface area contributed by atoms with E-state index in [0.717, 1.165) is 10.6 Å². The van der Waals surface area contributed by atoms with Crippen LogP contribution in [0.25, 0.3) is 0 Å². The average Bonchev–Trinajstić information content (AvgIpc) is 3.02. The van der Waals surface area contributed by atoms with Gasteiger partial charge in [0, 0.05) is 27.5 Å². The van der Waals surface area contributed by atoms with E-state index in [9.17, 15) is 9.90 Å². The standard InChI is InChI=1S/C19H15NO3S2/c1-11-9-14(21)18(19(22)23-11)13-10-17(16-7-4-8-24-16)25-15-6-3-2-5-12(15)20-13/h2-9,17,21H,10H2,1H3/t17-/m0/s1. The molecule has 0 spiro atoms. The molecule has 1 aliphatic rings. The molecule has 0 radical (unpaired) electrons. The molecule has 0 aliphatic carbocycles. The van der Waals surface area contributed by atoms with Gasteiger partial charge in [0.1, 0.15) is 17.1 Å². The summed E-state index contributed by atoms with van der Waals surface area (Å²) in [6, 6.07) is 13.4. The number of fused-ring (bicyclic) bond motifs is 1. The molecule has 1 N–H and O–H groups in total. The molecule has 0 fully saturated rings. The first kappa shape index (κ1) is 16.2. The Kier molecular flexibility index (Phi) is 4.23. The number of aryl methyl sites for hydroxylation is 1. The van der Waals surface area contributed by atoms with E-state index in [4.69, 9.17) is 9.41 Å². The average molecular weight is 369 g/mol. The maximum atomic E-state index is 12.4. The lowest BCUT2D eigenvalue weighted by molar-refractivity contribution is 0.432. The summed E-state index contributed by atoms with van der Waals surface area (Å²) in [5.41, 5.74) is 0.970. The predicted octanol–water partition coefficient (Wildman–Crippen LogP) is 5.07. The number of hydrogen-bond acceptors (Lipinski definition) is 6. The van der Waals surface area contributed by atoms with Crippen LogP contribution < -0.4 is 5.63 Å². The van der Waals surface area contributed by atoms with E-state index in [1.165, 1.54) is 10.9 Å². The number of hydrogen-bond donors (Lipinski definition) is 1. The zero-order valence-electron chi connectivity index (χ0n) is 13.4. The molecule has 0 amide bonds. The SMILES string of the molecule is Cc1cc(O)c(C2=Nc3ccccc3S[C@H](c3cccs3)C2)c(=O)o1. The zero-order valence-corrected chi connectivity index (χ0v) is 15.1. The summed E-state index contributed by atoms with van der Waals surface area (Å²) in [7, 11) is 0. The van der Waals surface area contributed by atoms with Crippen LogP contribution >= 0.6 is 23.1 Å². The Morgan fingerprint density at radius 2 is 2.08 bits per heavy atom. The summed E-state index contributed by atoms with van der Waals surface area (Å²) in [5.74, 6) is 0.298. The Bertz CT molecular complexity index is 1010. The van der Waals surface area contributed by atoms with Crippen LogP contribution in [0.4, 0.5) is 5.69 Å². The first-order chi connectivity index (χ1) is 12.1. The van der Waals surface area contributed by atoms with E-state index in [1.54, 1.807) is 30.0 Å². The molecule has 25 heavy (non-hydrogen) atoms. The highest BCUT2D eigenvalue weighted by Gasteiger charge is 2.26. The number of thioether (sulfide) groups is 1. The van der Waals surface area contributed by atoms with E-state index in [-0.39, 0.29) is 16.6 Å². The molecule has 126 valence electrons. The van der Waals surface area contributed by atoms with Gasteiger partial charge in [-0.2, -0.15) is 0 Å². The molecule has 0 unspecified atom stereocenters. The van der Waals surface area contributed by atoms with Crippen molar-refractivity contribution in [2.75, 3.05) is 0 Å². The van der Waals surface area contributed by atoms with Crippen LogP contribution in [0.5, 0.6) is 5.75 Å². The fraction of sp³-hybridized carbons (Fsp3) is 0.158. The van der Waals surface area contributed by atoms with Crippen molar-refractivity contribution in [3.05, 3.63) is 74.5 Å². The van der Waals surface area contributed by atoms with Crippen molar-refractivity contribution >= 4 is 34.5 Å². The highest BCUT2D eigenvalue weighted by atomic mass is 32.2. The Balaban J connectivity index is 1.89. The first-order valence-corrected chi connectivity index (χ1v) is 9.58. The molecule has 3 aromatic rings. The smallest absolute Gasteiger partial charge is 0.348 e. The Morgan fingerprint density at radius 1 is 1.24 bits per heavy atom. The van der Waals surface area contributed by atoms with Gasteiger partial charge in [0.05, 0.1) is 11.4 Å². The Hall–Kier alpha value is -2.31. The van der Waals surface area contributed by atoms with Gasteiger partial charge < -0.3 is 9.52 Å². The minimum atomic E-state index is -0.550. The van der Waals surface area contributed by atoms with Gasteiger partial charge in [0.15, 0.2) is 0 Å². The number of aliphatic imine (C=N–C) groups is 1. The molecule has 1 aromatic carbocycles. The number of aromatic hydroxyl groups is 1. The largest absolute Gasteiger partial charge is 0.507 e. The zero-order chi connectivity index (χ0) is 17.4. The minimum Gasteiger partial charge on any atom is -0.507 e. The minimum absolute atomic E-state index is 0.0817. The topological polar surface area (TPSA) is 62.8 Å². The van der Waals surface area contributed by atoms with Gasteiger partial charge in [-0.15, -0.1) is 23.1 Å². The van der Waals surface area contributed by atoms with Crippen molar-refractivity contribution in [3.8, 4) is 5.75 Å². The van der Waals surface area contributed by atoms with E-state index >= 15 is 0 Å². The van der Waals surface area contributed by atoms with Gasteiger partial charge in [0.2, 0.25) is 0 Å². The normalized spacial score (nSPS) is 16.8. The van der Waals surface area contributed by atoms with Crippen LogP contribution in [0.3, 0.4) is 0 Å². The van der Waals surface area contributed by atoms with Crippen LogP contribution in [0, 0.1) is 6.92 Å². The molecule has 4 nitrogen and oxygen atoms in total. The maximum Gasteiger partial charge on any atom is 0.348 e. The summed E-state index contributed by atoms with van der Waals surface area (Å²) in [6.45, 7) is 1.64. The molecule has 0 saturated heterocycles. The highest BCUT2D eigenvalue weighted by molar-refractivity contribution is 7.99. The fourth-order valence-corrected chi connectivity index (χ4v) is 5.02. The lowest BCUT2D eigenvalue weighted by atomic mass is 10.1. The van der Waals surface area contributed by atoms with Crippen LogP contribution in [-0.4, -0.2) is 10.8 Å². The summed E-state index contributed by atoms with van der Waals surface area (Å²) in [4.78, 5) is 19.3. The quantitative estimate of drug-likeness (QED) is 0.685. The van der Waals surface area contributed by atoms with Gasteiger partial charge in [0.25, 0.3) is 0 Å². The molecular weight excluding hydrogens is 354 g/mol. The van der Waals surface area contributed by atoms with Gasteiger partial charge in [-0.1, -0.05) is 18.2 Å². The second-order valence-corrected chi connectivity index (χ2v) is 7.98. The van der Waals surface area contributed by atoms with Crippen LogP contribution in [0.2, 0.25) is 0 Å². The van der Waals surface area contributed by atoms with E-state index < -0.39 is 5.63 Å². The van der Waals surface area contributed by atoms with Crippen molar-refractivity contribution in [2.24, 2.45) is 4.99 Å². The van der Waals surface area contributed by atoms with Crippen molar-refractivity contribution in [3.63, 3.8) is 0 Å². The number of para-hydroxylation sites is 1. The lowest BCUT2D eigenvalue weighted by Crippen LogP contribution is -2.16. The first-order valence-electron chi connectivity index (χ1n) is 7.82. The van der Waals surface area contributed by atoms with Crippen LogP contribution in [0.1, 0.15) is 27.9 Å². The summed E-state index contributed by atoms with van der Waals surface area (Å²) in [5, 5.41) is 12.5. The lowest BCUT2D eigenvalue weighted by Gasteiger charge is -2.14. The predicted molar refractivity (Wildman–Crippen MR) is 102 cm³/mol. The van der Waals surface area contributed by atoms with E-state index in [0.29, 0.717) is 17.9 Å². The second-order valence-electron chi connectivity index (χ2n) is 5.76. The highest BCUT2D eigenvalue weighted by Crippen LogP contribution is 2.46. The molecule has 1 atom stereocenters. The fourth-order valence-electron chi connectivity index (χ4n) is 2.86. The third-order valence-corrected chi connectivity index (χ3v) is 6.41. The Labute approximate surface area is 152 Å². The van der Waals surface area contributed by atoms with Crippen molar-refractivity contribution in [1.29, 1.82) is 0 Å². The van der Waals surface area contributed by atoms with E-state index in [1.807, 2.05) is 35.7 Å². The van der Waals surface area contributed by atoms with Crippen molar-refractivity contribution in [1.82, 2.24) is 0 Å². The summed E-state index contributed by atoms with van der Waals surface area (Å²) >= 11 is 3.41. The number of benzene rings is 1. The van der Waals surface area contributed by atoms with Crippen molar-refractivity contribution in [2.45, 2.75) is 23.5 Å². The number of nitrogens with zero attached hydrogens (tertiary/aromatic N) is 1.